The van der Waals surface area contributed by atoms with Gasteiger partial charge in [0.15, 0.2) is 5.72 Å². The molecule has 0 bridgehead atoms. The lowest BCUT2D eigenvalue weighted by atomic mass is 9.89. The first-order valence-electron chi connectivity index (χ1n) is 9.69. The lowest BCUT2D eigenvalue weighted by Crippen LogP contribution is -2.52. The number of hydrogen-bond donors (Lipinski definition) is 1. The van der Waals surface area contributed by atoms with E-state index in [0.717, 1.165) is 52.2 Å². The third-order valence-corrected chi connectivity index (χ3v) is 6.05. The summed E-state index contributed by atoms with van der Waals surface area (Å²) in [4.78, 5) is 17.8. The monoisotopic (exact) mass is 391 g/mol. The van der Waals surface area contributed by atoms with Gasteiger partial charge in [0, 0.05) is 35.8 Å². The Labute approximate surface area is 170 Å². The molecule has 6 nitrogen and oxygen atoms in total. The molecule has 1 unspecified atom stereocenters. The number of phenols is 1. The zero-order chi connectivity index (χ0) is 20.8. The van der Waals surface area contributed by atoms with Gasteiger partial charge in [-0.2, -0.15) is 0 Å². The van der Waals surface area contributed by atoms with Crippen LogP contribution in [0.15, 0.2) is 43.0 Å². The van der Waals surface area contributed by atoms with Crippen LogP contribution in [-0.2, 0) is 11.2 Å². The Kier molecular flexibility index (Phi) is 4.57. The summed E-state index contributed by atoms with van der Waals surface area (Å²) in [5.74, 6) is 1.10. The molecule has 0 saturated carbocycles. The number of carbonyl (C=O) groups excluding carboxylic acids is 1. The highest BCUT2D eigenvalue weighted by Gasteiger charge is 2.40. The summed E-state index contributed by atoms with van der Waals surface area (Å²) in [5.41, 5.74) is 4.51. The molecule has 2 aromatic carbocycles. The number of aromatic nitrogens is 2. The summed E-state index contributed by atoms with van der Waals surface area (Å²) < 4.78 is 8.35. The number of aromatic hydroxyl groups is 1. The number of imidazole rings is 1. The van der Waals surface area contributed by atoms with Crippen LogP contribution in [0.25, 0.3) is 5.69 Å². The Morgan fingerprint density at radius 2 is 1.90 bits per heavy atom. The SMILES string of the molecule is Cc1c(C)c2c(c(C)c1O)CCC(C)(N(C=O)c1ccc(-n3ccnc3)cc1)O2. The molecule has 1 aliphatic heterocycles. The predicted molar refractivity (Wildman–Crippen MR) is 112 cm³/mol. The molecule has 2 heterocycles. The van der Waals surface area contributed by atoms with Gasteiger partial charge in [-0.15, -0.1) is 0 Å². The molecular formula is C23H25N3O3. The lowest BCUT2D eigenvalue weighted by Gasteiger charge is -2.43. The molecule has 0 radical (unpaired) electrons. The van der Waals surface area contributed by atoms with Crippen molar-refractivity contribution in [2.75, 3.05) is 4.90 Å². The van der Waals surface area contributed by atoms with Crippen LogP contribution in [0.4, 0.5) is 5.69 Å². The second kappa shape index (κ2) is 6.95. The van der Waals surface area contributed by atoms with Gasteiger partial charge in [0.2, 0.25) is 6.41 Å². The van der Waals surface area contributed by atoms with Crippen LogP contribution in [0, 0.1) is 20.8 Å². The number of ether oxygens (including phenoxy) is 1. The number of amides is 1. The average Bonchev–Trinajstić information content (AvgIpc) is 3.26. The number of fused-ring (bicyclic) bond motifs is 1. The molecule has 1 aromatic heterocycles. The Hall–Kier alpha value is -3.28. The second-order valence-corrected chi connectivity index (χ2v) is 7.77. The minimum absolute atomic E-state index is 0.329. The van der Waals surface area contributed by atoms with Crippen LogP contribution in [0.3, 0.4) is 0 Å². The van der Waals surface area contributed by atoms with E-state index in [2.05, 4.69) is 4.98 Å². The first-order chi connectivity index (χ1) is 13.9. The molecular weight excluding hydrogens is 366 g/mol. The Bertz CT molecular complexity index is 1060. The summed E-state index contributed by atoms with van der Waals surface area (Å²) in [6.45, 7) is 7.69. The van der Waals surface area contributed by atoms with Crippen molar-refractivity contribution in [1.29, 1.82) is 0 Å². The molecule has 1 N–H and O–H groups in total. The maximum Gasteiger partial charge on any atom is 0.217 e. The normalized spacial score (nSPS) is 18.1. The van der Waals surface area contributed by atoms with Crippen LogP contribution < -0.4 is 9.64 Å². The van der Waals surface area contributed by atoms with Gasteiger partial charge in [-0.25, -0.2) is 4.98 Å². The molecule has 150 valence electrons. The maximum absolute atomic E-state index is 12.1. The minimum atomic E-state index is -0.814. The maximum atomic E-state index is 12.1. The molecule has 1 atom stereocenters. The van der Waals surface area contributed by atoms with Gasteiger partial charge in [0.05, 0.1) is 6.33 Å². The number of carbonyl (C=O) groups is 1. The molecule has 4 rings (SSSR count). The number of benzene rings is 2. The Morgan fingerprint density at radius 1 is 1.17 bits per heavy atom. The largest absolute Gasteiger partial charge is 0.507 e. The summed E-state index contributed by atoms with van der Waals surface area (Å²) >= 11 is 0. The standard InChI is InChI=1S/C23H25N3O3/c1-15-16(2)22-20(17(3)21(15)28)9-10-23(4,29-22)26(14-27)19-7-5-18(6-8-19)25-12-11-24-13-25/h5-8,11-14,28H,9-10H2,1-4H3. The Morgan fingerprint density at radius 3 is 2.52 bits per heavy atom. The number of nitrogens with zero attached hydrogens (tertiary/aromatic N) is 3. The van der Waals surface area contributed by atoms with Crippen LogP contribution >= 0.6 is 0 Å². The molecule has 0 aliphatic carbocycles. The molecule has 0 spiro atoms. The first-order valence-corrected chi connectivity index (χ1v) is 9.69. The zero-order valence-electron chi connectivity index (χ0n) is 17.1. The van der Waals surface area contributed by atoms with E-state index in [1.54, 1.807) is 17.4 Å². The van der Waals surface area contributed by atoms with Gasteiger partial charge in [0.25, 0.3) is 0 Å². The van der Waals surface area contributed by atoms with E-state index in [-0.39, 0.29) is 0 Å². The highest BCUT2D eigenvalue weighted by atomic mass is 16.5. The number of rotatable bonds is 4. The van der Waals surface area contributed by atoms with Crippen LogP contribution in [-0.4, -0.2) is 26.8 Å². The summed E-state index contributed by atoms with van der Waals surface area (Å²) in [6.07, 6.45) is 7.51. The van der Waals surface area contributed by atoms with E-state index < -0.39 is 5.72 Å². The second-order valence-electron chi connectivity index (χ2n) is 7.77. The third-order valence-electron chi connectivity index (χ3n) is 6.05. The highest BCUT2D eigenvalue weighted by molar-refractivity contribution is 5.77. The van der Waals surface area contributed by atoms with Gasteiger partial charge in [-0.1, -0.05) is 0 Å². The van der Waals surface area contributed by atoms with E-state index in [0.29, 0.717) is 12.2 Å². The van der Waals surface area contributed by atoms with Crippen molar-refractivity contribution in [3.8, 4) is 17.2 Å². The van der Waals surface area contributed by atoms with Gasteiger partial charge in [-0.05, 0) is 75.1 Å². The van der Waals surface area contributed by atoms with Crippen molar-refractivity contribution in [3.05, 3.63) is 65.2 Å². The minimum Gasteiger partial charge on any atom is -0.507 e. The predicted octanol–water partition coefficient (Wildman–Crippen LogP) is 4.21. The van der Waals surface area contributed by atoms with Crippen molar-refractivity contribution >= 4 is 12.1 Å². The molecule has 29 heavy (non-hydrogen) atoms. The van der Waals surface area contributed by atoms with Crippen molar-refractivity contribution in [1.82, 2.24) is 9.55 Å². The van der Waals surface area contributed by atoms with Crippen LogP contribution in [0.1, 0.15) is 35.6 Å². The van der Waals surface area contributed by atoms with Crippen LogP contribution in [0.5, 0.6) is 11.5 Å². The fraction of sp³-hybridized carbons (Fsp3) is 0.304. The molecule has 1 amide bonds. The fourth-order valence-corrected chi connectivity index (χ4v) is 4.05. The summed E-state index contributed by atoms with van der Waals surface area (Å²) in [7, 11) is 0. The highest BCUT2D eigenvalue weighted by Crippen LogP contribution is 2.44. The van der Waals surface area contributed by atoms with Gasteiger partial charge in [-0.3, -0.25) is 9.69 Å². The molecule has 3 aromatic rings. The van der Waals surface area contributed by atoms with Crippen molar-refractivity contribution in [2.24, 2.45) is 0 Å². The average molecular weight is 391 g/mol. The van der Waals surface area contributed by atoms with E-state index in [1.807, 2.05) is 62.7 Å². The Balaban J connectivity index is 1.69. The van der Waals surface area contributed by atoms with Gasteiger partial charge >= 0.3 is 0 Å². The quantitative estimate of drug-likeness (QED) is 0.677. The van der Waals surface area contributed by atoms with Crippen molar-refractivity contribution in [3.63, 3.8) is 0 Å². The molecule has 1 aliphatic rings. The lowest BCUT2D eigenvalue weighted by molar-refractivity contribution is -0.111. The summed E-state index contributed by atoms with van der Waals surface area (Å²) in [6, 6.07) is 7.72. The number of hydrogen-bond acceptors (Lipinski definition) is 4. The van der Waals surface area contributed by atoms with Gasteiger partial charge in [0.1, 0.15) is 11.5 Å². The molecule has 0 fully saturated rings. The van der Waals surface area contributed by atoms with E-state index in [4.69, 9.17) is 4.74 Å². The third kappa shape index (κ3) is 3.05. The van der Waals surface area contributed by atoms with Crippen molar-refractivity contribution in [2.45, 2.75) is 46.3 Å². The van der Waals surface area contributed by atoms with E-state index >= 15 is 0 Å². The fourth-order valence-electron chi connectivity index (χ4n) is 4.05. The summed E-state index contributed by atoms with van der Waals surface area (Å²) in [5, 5.41) is 10.4. The van der Waals surface area contributed by atoms with Gasteiger partial charge < -0.3 is 14.4 Å². The van der Waals surface area contributed by atoms with E-state index in [9.17, 15) is 9.90 Å². The molecule has 6 heteroatoms. The topological polar surface area (TPSA) is 67.6 Å². The number of anilines is 1. The first kappa shape index (κ1) is 19.1. The smallest absolute Gasteiger partial charge is 0.217 e. The number of phenolic OH excluding ortho intramolecular Hbond substituents is 1. The van der Waals surface area contributed by atoms with E-state index in [1.165, 1.54) is 0 Å². The van der Waals surface area contributed by atoms with Crippen LogP contribution in [0.2, 0.25) is 0 Å². The van der Waals surface area contributed by atoms with Crippen molar-refractivity contribution < 1.29 is 14.6 Å². The molecule has 0 saturated heterocycles. The zero-order valence-corrected chi connectivity index (χ0v) is 17.1.